The fourth-order valence-corrected chi connectivity index (χ4v) is 2.98. The standard InChI is InChI=1S/C18H34O4.K.Na/c1-5-6-7-8-9-10-11-12-13-14-18(15(19)20,16(21)22)17(2,3)4;;/h5-14H2,1-4H3,(H,19,20)(H,21,22);;/q;2*+1/p-2. The topological polar surface area (TPSA) is 80.3 Å². The van der Waals surface area contributed by atoms with Crippen molar-refractivity contribution >= 4 is 11.9 Å². The second-order valence-corrected chi connectivity index (χ2v) is 7.31. The van der Waals surface area contributed by atoms with Gasteiger partial charge in [-0.25, -0.2) is 0 Å². The molecule has 0 amide bonds. The van der Waals surface area contributed by atoms with Crippen molar-refractivity contribution in [2.45, 2.75) is 91.9 Å². The summed E-state index contributed by atoms with van der Waals surface area (Å²) >= 11 is 0. The molecule has 0 spiro atoms. The van der Waals surface area contributed by atoms with E-state index in [2.05, 4.69) is 6.92 Å². The molecule has 4 nitrogen and oxygen atoms in total. The molecule has 0 N–H and O–H groups in total. The zero-order valence-electron chi connectivity index (χ0n) is 16.7. The Morgan fingerprint density at radius 2 is 1.08 bits per heavy atom. The Balaban J connectivity index is -0.00000220. The van der Waals surface area contributed by atoms with Crippen LogP contribution in [-0.4, -0.2) is 11.9 Å². The molecular weight excluding hydrogens is 342 g/mol. The van der Waals surface area contributed by atoms with Crippen LogP contribution in [0.5, 0.6) is 0 Å². The molecule has 0 aliphatic carbocycles. The molecule has 0 aromatic rings. The third-order valence-electron chi connectivity index (χ3n) is 4.63. The number of rotatable bonds is 12. The second kappa shape index (κ2) is 15.6. The summed E-state index contributed by atoms with van der Waals surface area (Å²) in [6.07, 6.45) is 9.90. The zero-order chi connectivity index (χ0) is 17.2. The van der Waals surface area contributed by atoms with Crippen molar-refractivity contribution in [3.05, 3.63) is 0 Å². The van der Waals surface area contributed by atoms with Gasteiger partial charge in [-0.1, -0.05) is 85.5 Å². The van der Waals surface area contributed by atoms with E-state index in [9.17, 15) is 19.8 Å². The second-order valence-electron chi connectivity index (χ2n) is 7.31. The molecule has 0 aromatic heterocycles. The molecule has 0 fully saturated rings. The van der Waals surface area contributed by atoms with E-state index in [1.807, 2.05) is 0 Å². The molecule has 0 rings (SSSR count). The van der Waals surface area contributed by atoms with Crippen molar-refractivity contribution in [3.63, 3.8) is 0 Å². The van der Waals surface area contributed by atoms with Crippen LogP contribution in [0.25, 0.3) is 0 Å². The first-order valence-electron chi connectivity index (χ1n) is 8.63. The average Bonchev–Trinajstić information content (AvgIpc) is 2.38. The van der Waals surface area contributed by atoms with Gasteiger partial charge in [-0.2, -0.15) is 0 Å². The Hall–Kier alpha value is 1.58. The molecule has 24 heavy (non-hydrogen) atoms. The van der Waals surface area contributed by atoms with Gasteiger partial charge in [0.1, 0.15) is 0 Å². The maximum absolute atomic E-state index is 11.4. The Kier molecular flexibility index (Phi) is 19.7. The van der Waals surface area contributed by atoms with E-state index < -0.39 is 22.8 Å². The van der Waals surface area contributed by atoms with Gasteiger partial charge in [0.2, 0.25) is 0 Å². The van der Waals surface area contributed by atoms with Crippen LogP contribution in [0.2, 0.25) is 0 Å². The molecule has 0 atom stereocenters. The Morgan fingerprint density at radius 1 is 0.750 bits per heavy atom. The van der Waals surface area contributed by atoms with Crippen LogP contribution >= 0.6 is 0 Å². The molecule has 0 aliphatic heterocycles. The SMILES string of the molecule is CCCCCCCCCCCC(C(=O)[O-])(C(=O)[O-])C(C)(C)C.[K+].[Na+]. The summed E-state index contributed by atoms with van der Waals surface area (Å²) in [6.45, 7) is 7.04. The van der Waals surface area contributed by atoms with Crippen LogP contribution in [0.3, 0.4) is 0 Å². The van der Waals surface area contributed by atoms with Crippen LogP contribution < -0.4 is 91.2 Å². The van der Waals surface area contributed by atoms with Gasteiger partial charge in [0.15, 0.2) is 0 Å². The number of unbranched alkanes of at least 4 members (excludes halogenated alkanes) is 8. The van der Waals surface area contributed by atoms with E-state index in [0.717, 1.165) is 19.3 Å². The van der Waals surface area contributed by atoms with Crippen LogP contribution in [0.15, 0.2) is 0 Å². The molecule has 0 aromatic carbocycles. The summed E-state index contributed by atoms with van der Waals surface area (Å²) < 4.78 is 0. The first kappa shape index (κ1) is 30.3. The fraction of sp³-hybridized carbons (Fsp3) is 0.889. The van der Waals surface area contributed by atoms with Crippen molar-refractivity contribution in [2.75, 3.05) is 0 Å². The van der Waals surface area contributed by atoms with Crippen molar-refractivity contribution in [1.29, 1.82) is 0 Å². The molecular formula is C18H32KNaO4. The molecule has 0 radical (unpaired) electrons. The van der Waals surface area contributed by atoms with Crippen LogP contribution in [-0.2, 0) is 9.59 Å². The molecule has 0 unspecified atom stereocenters. The van der Waals surface area contributed by atoms with Gasteiger partial charge in [0.25, 0.3) is 0 Å². The van der Waals surface area contributed by atoms with E-state index in [-0.39, 0.29) is 87.4 Å². The molecule has 0 saturated carbocycles. The number of carboxylic acids is 2. The minimum Gasteiger partial charge on any atom is -0.549 e. The first-order chi connectivity index (χ1) is 10.2. The summed E-state index contributed by atoms with van der Waals surface area (Å²) in [5, 5.41) is 22.9. The largest absolute Gasteiger partial charge is 1.00 e. The number of hydrogen-bond acceptors (Lipinski definition) is 4. The van der Waals surface area contributed by atoms with Gasteiger partial charge >= 0.3 is 80.9 Å². The van der Waals surface area contributed by atoms with E-state index >= 15 is 0 Å². The number of carbonyl (C=O) groups is 2. The molecule has 0 heterocycles. The Bertz CT molecular complexity index is 339. The number of carboxylic acid groups (broad SMARTS) is 2. The maximum Gasteiger partial charge on any atom is 1.00 e. The van der Waals surface area contributed by atoms with Crippen molar-refractivity contribution in [3.8, 4) is 0 Å². The minimum absolute atomic E-state index is 0. The van der Waals surface area contributed by atoms with Gasteiger partial charge in [0.05, 0.1) is 17.4 Å². The van der Waals surface area contributed by atoms with Gasteiger partial charge < -0.3 is 19.8 Å². The van der Waals surface area contributed by atoms with Crippen molar-refractivity contribution in [2.24, 2.45) is 10.8 Å². The maximum atomic E-state index is 11.4. The third-order valence-corrected chi connectivity index (χ3v) is 4.63. The molecule has 0 bridgehead atoms. The van der Waals surface area contributed by atoms with Crippen LogP contribution in [0.4, 0.5) is 0 Å². The van der Waals surface area contributed by atoms with E-state index in [1.165, 1.54) is 32.1 Å². The van der Waals surface area contributed by atoms with Gasteiger partial charge in [-0.05, 0) is 11.8 Å². The zero-order valence-corrected chi connectivity index (χ0v) is 21.8. The van der Waals surface area contributed by atoms with Gasteiger partial charge in [-0.3, -0.25) is 0 Å². The molecule has 0 saturated heterocycles. The van der Waals surface area contributed by atoms with Crippen molar-refractivity contribution < 1.29 is 101 Å². The Morgan fingerprint density at radius 3 is 1.38 bits per heavy atom. The third kappa shape index (κ3) is 10.1. The van der Waals surface area contributed by atoms with Crippen molar-refractivity contribution in [1.82, 2.24) is 0 Å². The summed E-state index contributed by atoms with van der Waals surface area (Å²) in [5.41, 5.74) is -2.83. The summed E-state index contributed by atoms with van der Waals surface area (Å²) in [6, 6.07) is 0. The van der Waals surface area contributed by atoms with Crippen LogP contribution in [0, 0.1) is 10.8 Å². The summed E-state index contributed by atoms with van der Waals surface area (Å²) in [5.74, 6) is -3.06. The number of aliphatic carboxylic acids is 2. The summed E-state index contributed by atoms with van der Waals surface area (Å²) in [4.78, 5) is 22.9. The van der Waals surface area contributed by atoms with E-state index in [1.54, 1.807) is 20.8 Å². The fourth-order valence-electron chi connectivity index (χ4n) is 2.98. The number of hydrogen-bond donors (Lipinski definition) is 0. The van der Waals surface area contributed by atoms with E-state index in [4.69, 9.17) is 0 Å². The van der Waals surface area contributed by atoms with Gasteiger partial charge in [0, 0.05) is 0 Å². The van der Waals surface area contributed by atoms with Gasteiger partial charge in [-0.15, -0.1) is 0 Å². The predicted octanol–water partition coefficient (Wildman–Crippen LogP) is -3.55. The van der Waals surface area contributed by atoms with E-state index in [0.29, 0.717) is 6.42 Å². The first-order valence-corrected chi connectivity index (χ1v) is 8.63. The Labute approximate surface area is 212 Å². The summed E-state index contributed by atoms with van der Waals surface area (Å²) in [7, 11) is 0. The smallest absolute Gasteiger partial charge is 0.549 e. The predicted molar refractivity (Wildman–Crippen MR) is 83.7 cm³/mol. The monoisotopic (exact) mass is 374 g/mol. The molecule has 0 aliphatic rings. The molecule has 130 valence electrons. The normalized spacial score (nSPS) is 11.3. The van der Waals surface area contributed by atoms with Crippen LogP contribution in [0.1, 0.15) is 91.9 Å². The quantitative estimate of drug-likeness (QED) is 0.201. The number of carbonyl (C=O) groups excluding carboxylic acids is 2. The average molecular weight is 375 g/mol. The molecule has 6 heteroatoms. The minimum atomic E-state index is -1.91.